The highest BCUT2D eigenvalue weighted by atomic mass is 32.1. The molecule has 0 fully saturated rings. The minimum atomic E-state index is -0.0718. The molecule has 0 aliphatic heterocycles. The van der Waals surface area contributed by atoms with Crippen LogP contribution in [0.25, 0.3) is 10.2 Å². The Bertz CT molecular complexity index is 985. The van der Waals surface area contributed by atoms with Crippen LogP contribution in [0.1, 0.15) is 36.5 Å². The second-order valence-corrected chi connectivity index (χ2v) is 8.65. The Hall–Kier alpha value is -2.64. The third-order valence-electron chi connectivity index (χ3n) is 4.96. The van der Waals surface area contributed by atoms with Gasteiger partial charge >= 0.3 is 0 Å². The lowest BCUT2D eigenvalue weighted by Gasteiger charge is -2.22. The largest absolute Gasteiger partial charge is 0.494 e. The number of nitrogens with zero attached hydrogens (tertiary/aromatic N) is 3. The van der Waals surface area contributed by atoms with E-state index in [1.54, 1.807) is 12.0 Å². The highest BCUT2D eigenvalue weighted by Crippen LogP contribution is 2.34. The Morgan fingerprint density at radius 2 is 1.84 bits per heavy atom. The van der Waals surface area contributed by atoms with E-state index in [0.29, 0.717) is 29.6 Å². The number of anilines is 1. The van der Waals surface area contributed by atoms with Gasteiger partial charge in [0.15, 0.2) is 5.13 Å². The van der Waals surface area contributed by atoms with Gasteiger partial charge in [-0.1, -0.05) is 37.2 Å². The van der Waals surface area contributed by atoms with Crippen LogP contribution < -0.4 is 14.4 Å². The number of carbonyl (C=O) groups excluding carboxylic acids is 1. The van der Waals surface area contributed by atoms with Crippen LogP contribution in [0.2, 0.25) is 0 Å². The molecule has 1 amide bonds. The minimum Gasteiger partial charge on any atom is -0.494 e. The highest BCUT2D eigenvalue weighted by molar-refractivity contribution is 7.22. The van der Waals surface area contributed by atoms with E-state index in [9.17, 15) is 4.79 Å². The molecule has 0 aliphatic rings. The molecule has 0 radical (unpaired) electrons. The second kappa shape index (κ2) is 11.1. The van der Waals surface area contributed by atoms with Crippen molar-refractivity contribution in [2.24, 2.45) is 0 Å². The van der Waals surface area contributed by atoms with Crippen LogP contribution in [0, 0.1) is 0 Å². The van der Waals surface area contributed by atoms with Crippen molar-refractivity contribution < 1.29 is 14.3 Å². The van der Waals surface area contributed by atoms with E-state index < -0.39 is 0 Å². The van der Waals surface area contributed by atoms with Crippen LogP contribution in [-0.4, -0.2) is 56.7 Å². The number of hydrogen-bond acceptors (Lipinski definition) is 6. The molecule has 1 aromatic heterocycles. The molecular formula is C24H31N3O3S. The number of carbonyl (C=O) groups is 1. The molecule has 0 unspecified atom stereocenters. The number of rotatable bonds is 11. The molecule has 3 aromatic rings. The lowest BCUT2D eigenvalue weighted by Crippen LogP contribution is -2.36. The Balaban J connectivity index is 1.82. The van der Waals surface area contributed by atoms with Crippen molar-refractivity contribution in [2.75, 3.05) is 45.8 Å². The molecule has 166 valence electrons. The van der Waals surface area contributed by atoms with Crippen LogP contribution in [0.3, 0.4) is 0 Å². The minimum absolute atomic E-state index is 0.0718. The molecule has 1 heterocycles. The van der Waals surface area contributed by atoms with Crippen molar-refractivity contribution in [1.82, 2.24) is 9.88 Å². The van der Waals surface area contributed by atoms with Crippen LogP contribution in [0.4, 0.5) is 5.13 Å². The van der Waals surface area contributed by atoms with Crippen molar-refractivity contribution in [3.63, 3.8) is 0 Å². The molecule has 3 rings (SSSR count). The smallest absolute Gasteiger partial charge is 0.260 e. The maximum atomic E-state index is 13.4. The zero-order valence-electron chi connectivity index (χ0n) is 18.8. The first kappa shape index (κ1) is 23.0. The maximum Gasteiger partial charge on any atom is 0.260 e. The van der Waals surface area contributed by atoms with E-state index in [4.69, 9.17) is 14.5 Å². The lowest BCUT2D eigenvalue weighted by atomic mass is 10.2. The molecule has 0 aliphatic carbocycles. The molecule has 0 spiro atoms. The van der Waals surface area contributed by atoms with Gasteiger partial charge in [0.05, 0.1) is 18.4 Å². The van der Waals surface area contributed by atoms with Gasteiger partial charge in [0.1, 0.15) is 17.0 Å². The van der Waals surface area contributed by atoms with Gasteiger partial charge in [-0.15, -0.1) is 0 Å². The Morgan fingerprint density at radius 1 is 1.06 bits per heavy atom. The van der Waals surface area contributed by atoms with Crippen molar-refractivity contribution in [2.45, 2.75) is 26.2 Å². The summed E-state index contributed by atoms with van der Waals surface area (Å²) in [6, 6.07) is 13.2. The number of hydrogen-bond donors (Lipinski definition) is 0. The van der Waals surface area contributed by atoms with Crippen LogP contribution in [-0.2, 0) is 0 Å². The molecule has 31 heavy (non-hydrogen) atoms. The van der Waals surface area contributed by atoms with Crippen molar-refractivity contribution in [3.8, 4) is 11.5 Å². The van der Waals surface area contributed by atoms with E-state index in [1.165, 1.54) is 11.3 Å². The number of unbranched alkanes of at least 4 members (excludes halogenated alkanes) is 2. The summed E-state index contributed by atoms with van der Waals surface area (Å²) in [4.78, 5) is 21.9. The van der Waals surface area contributed by atoms with Gasteiger partial charge in [-0.3, -0.25) is 9.69 Å². The van der Waals surface area contributed by atoms with Gasteiger partial charge in [-0.25, -0.2) is 4.98 Å². The highest BCUT2D eigenvalue weighted by Gasteiger charge is 2.22. The first-order chi connectivity index (χ1) is 15.0. The Morgan fingerprint density at radius 3 is 2.52 bits per heavy atom. The van der Waals surface area contributed by atoms with Gasteiger partial charge in [-0.05, 0) is 56.9 Å². The van der Waals surface area contributed by atoms with Crippen molar-refractivity contribution in [1.29, 1.82) is 0 Å². The quantitative estimate of drug-likeness (QED) is 0.388. The summed E-state index contributed by atoms with van der Waals surface area (Å²) < 4.78 is 12.2. The summed E-state index contributed by atoms with van der Waals surface area (Å²) in [5.41, 5.74) is 1.40. The topological polar surface area (TPSA) is 54.9 Å². The average Bonchev–Trinajstić information content (AvgIpc) is 3.21. The monoisotopic (exact) mass is 441 g/mol. The van der Waals surface area contributed by atoms with Gasteiger partial charge in [0, 0.05) is 18.7 Å². The summed E-state index contributed by atoms with van der Waals surface area (Å²) in [6.45, 7) is 4.15. The maximum absolute atomic E-state index is 13.4. The second-order valence-electron chi connectivity index (χ2n) is 7.64. The average molecular weight is 442 g/mol. The summed E-state index contributed by atoms with van der Waals surface area (Å²) in [6.07, 6.45) is 3.36. The number of methoxy groups -OCH3 is 1. The standard InChI is InChI=1S/C24H31N3O3S/c1-5-6-7-17-30-19-13-11-18(12-14-19)23(28)27(16-15-26(2)3)24-25-22-20(29-4)9-8-10-21(22)31-24/h8-14H,5-7,15-17H2,1-4H3. The molecule has 0 saturated carbocycles. The van der Waals surface area contributed by atoms with Gasteiger partial charge < -0.3 is 14.4 Å². The fourth-order valence-corrected chi connectivity index (χ4v) is 4.17. The molecule has 6 nitrogen and oxygen atoms in total. The number of ether oxygens (including phenoxy) is 2. The lowest BCUT2D eigenvalue weighted by molar-refractivity contribution is 0.0985. The first-order valence-corrected chi connectivity index (χ1v) is 11.5. The van der Waals surface area contributed by atoms with Gasteiger partial charge in [0.2, 0.25) is 0 Å². The van der Waals surface area contributed by atoms with Crippen molar-refractivity contribution >= 4 is 32.6 Å². The van der Waals surface area contributed by atoms with E-state index in [0.717, 1.165) is 41.8 Å². The number of aromatic nitrogens is 1. The molecule has 2 aromatic carbocycles. The predicted molar refractivity (Wildman–Crippen MR) is 128 cm³/mol. The summed E-state index contributed by atoms with van der Waals surface area (Å²) in [7, 11) is 5.62. The van der Waals surface area contributed by atoms with Crippen LogP contribution in [0.5, 0.6) is 11.5 Å². The van der Waals surface area contributed by atoms with Gasteiger partial charge in [0.25, 0.3) is 5.91 Å². The van der Waals surface area contributed by atoms with E-state index in [2.05, 4.69) is 11.8 Å². The molecule has 0 saturated heterocycles. The fraction of sp³-hybridized carbons (Fsp3) is 0.417. The Labute approximate surface area is 188 Å². The van der Waals surface area contributed by atoms with Crippen LogP contribution in [0.15, 0.2) is 42.5 Å². The molecule has 7 heteroatoms. The zero-order valence-corrected chi connectivity index (χ0v) is 19.6. The molecular weight excluding hydrogens is 410 g/mol. The van der Waals surface area contributed by atoms with Crippen molar-refractivity contribution in [3.05, 3.63) is 48.0 Å². The normalized spacial score (nSPS) is 11.1. The zero-order chi connectivity index (χ0) is 22.2. The number of fused-ring (bicyclic) bond motifs is 1. The molecule has 0 bridgehead atoms. The fourth-order valence-electron chi connectivity index (χ4n) is 3.17. The first-order valence-electron chi connectivity index (χ1n) is 10.7. The number of thiazole rings is 1. The SMILES string of the molecule is CCCCCOc1ccc(C(=O)N(CCN(C)C)c2nc3c(OC)cccc3s2)cc1. The number of para-hydroxylation sites is 1. The number of likely N-dealkylation sites (N-methyl/N-ethyl adjacent to an activating group) is 1. The summed E-state index contributed by atoms with van der Waals surface area (Å²) >= 11 is 1.50. The Kier molecular flexibility index (Phi) is 8.26. The third-order valence-corrected chi connectivity index (χ3v) is 6.00. The molecule has 0 N–H and O–H groups in total. The van der Waals surface area contributed by atoms with E-state index in [-0.39, 0.29) is 5.91 Å². The number of benzene rings is 2. The predicted octanol–water partition coefficient (Wildman–Crippen LogP) is 5.08. The molecule has 0 atom stereocenters. The third kappa shape index (κ3) is 5.95. The van der Waals surface area contributed by atoms with E-state index >= 15 is 0 Å². The van der Waals surface area contributed by atoms with Gasteiger partial charge in [-0.2, -0.15) is 0 Å². The summed E-state index contributed by atoms with van der Waals surface area (Å²) in [5, 5.41) is 0.672. The van der Waals surface area contributed by atoms with Crippen LogP contribution >= 0.6 is 11.3 Å². The van der Waals surface area contributed by atoms with E-state index in [1.807, 2.05) is 56.6 Å². The summed E-state index contributed by atoms with van der Waals surface area (Å²) in [5.74, 6) is 1.43. The number of amides is 1.